The van der Waals surface area contributed by atoms with E-state index in [1.807, 2.05) is 24.4 Å². The van der Waals surface area contributed by atoms with Crippen LogP contribution in [0.25, 0.3) is 0 Å². The summed E-state index contributed by atoms with van der Waals surface area (Å²) in [5.41, 5.74) is 6.99. The fraction of sp³-hybridized carbons (Fsp3) is 0.625. The van der Waals surface area contributed by atoms with Crippen molar-refractivity contribution in [1.29, 1.82) is 0 Å². The van der Waals surface area contributed by atoms with Crippen LogP contribution in [0.3, 0.4) is 0 Å². The van der Waals surface area contributed by atoms with Crippen molar-refractivity contribution in [1.82, 2.24) is 20.1 Å². The first-order valence-corrected chi connectivity index (χ1v) is 8.01. The molecule has 0 saturated carbocycles. The van der Waals surface area contributed by atoms with Gasteiger partial charge in [0.2, 0.25) is 0 Å². The molecule has 2 rings (SSSR count). The summed E-state index contributed by atoms with van der Waals surface area (Å²) in [5, 5.41) is 3.16. The molecule has 1 aromatic heterocycles. The van der Waals surface area contributed by atoms with E-state index in [9.17, 15) is 0 Å². The third kappa shape index (κ3) is 5.61. The lowest BCUT2D eigenvalue weighted by Crippen LogP contribution is -2.49. The molecule has 1 aromatic rings. The van der Waals surface area contributed by atoms with Gasteiger partial charge in [-0.2, -0.15) is 0 Å². The minimum Gasteiger partial charge on any atom is -0.370 e. The van der Waals surface area contributed by atoms with Gasteiger partial charge in [-0.1, -0.05) is 6.07 Å². The van der Waals surface area contributed by atoms with E-state index in [-0.39, 0.29) is 0 Å². The molecule has 6 heteroatoms. The van der Waals surface area contributed by atoms with Crippen molar-refractivity contribution in [3.05, 3.63) is 30.1 Å². The van der Waals surface area contributed by atoms with Crippen LogP contribution in [-0.4, -0.2) is 73.1 Å². The van der Waals surface area contributed by atoms with Crippen LogP contribution in [0, 0.1) is 0 Å². The molecule has 0 spiro atoms. The fourth-order valence-electron chi connectivity index (χ4n) is 2.53. The van der Waals surface area contributed by atoms with E-state index in [0.717, 1.165) is 51.4 Å². The summed E-state index contributed by atoms with van der Waals surface area (Å²) in [6.07, 6.45) is 2.66. The van der Waals surface area contributed by atoms with E-state index in [0.29, 0.717) is 12.0 Å². The van der Waals surface area contributed by atoms with Crippen molar-refractivity contribution in [2.75, 3.05) is 46.3 Å². The summed E-state index contributed by atoms with van der Waals surface area (Å²) >= 11 is 0. The summed E-state index contributed by atoms with van der Waals surface area (Å²) in [7, 11) is 2.17. The van der Waals surface area contributed by atoms with Crippen LogP contribution in [0.1, 0.15) is 12.6 Å². The molecular weight excluding hydrogens is 276 g/mol. The third-order valence-electron chi connectivity index (χ3n) is 4.10. The molecule has 1 aliphatic rings. The smallest absolute Gasteiger partial charge is 0.188 e. The molecule has 22 heavy (non-hydrogen) atoms. The molecule has 0 aromatic carbocycles. The van der Waals surface area contributed by atoms with Gasteiger partial charge >= 0.3 is 0 Å². The van der Waals surface area contributed by atoms with E-state index < -0.39 is 0 Å². The second-order valence-corrected chi connectivity index (χ2v) is 5.91. The van der Waals surface area contributed by atoms with Crippen molar-refractivity contribution in [3.8, 4) is 0 Å². The second kappa shape index (κ2) is 8.70. The number of likely N-dealkylation sites (N-methyl/N-ethyl adjacent to an activating group) is 1. The van der Waals surface area contributed by atoms with Gasteiger partial charge in [-0.25, -0.2) is 0 Å². The number of nitrogens with one attached hydrogen (secondary N) is 1. The maximum atomic E-state index is 5.93. The van der Waals surface area contributed by atoms with Crippen molar-refractivity contribution in [2.24, 2.45) is 10.7 Å². The molecule has 1 atom stereocenters. The van der Waals surface area contributed by atoms with E-state index in [4.69, 9.17) is 5.73 Å². The predicted molar refractivity (Wildman–Crippen MR) is 91.0 cm³/mol. The lowest BCUT2D eigenvalue weighted by molar-refractivity contribution is 0.122. The van der Waals surface area contributed by atoms with Crippen LogP contribution in [0.2, 0.25) is 0 Å². The van der Waals surface area contributed by atoms with Crippen LogP contribution in [-0.2, 0) is 6.42 Å². The van der Waals surface area contributed by atoms with Gasteiger partial charge in [0.15, 0.2) is 5.96 Å². The third-order valence-corrected chi connectivity index (χ3v) is 4.10. The molecule has 1 aliphatic heterocycles. The van der Waals surface area contributed by atoms with Crippen LogP contribution in [0.15, 0.2) is 29.4 Å². The molecular formula is C16H28N6. The van der Waals surface area contributed by atoms with Crippen molar-refractivity contribution in [3.63, 3.8) is 0 Å². The Morgan fingerprint density at radius 3 is 2.82 bits per heavy atom. The Balaban J connectivity index is 1.66. The van der Waals surface area contributed by atoms with Gasteiger partial charge in [0, 0.05) is 57.1 Å². The van der Waals surface area contributed by atoms with Crippen molar-refractivity contribution < 1.29 is 0 Å². The number of aliphatic imine (C=N–C) groups is 1. The first-order chi connectivity index (χ1) is 10.6. The molecule has 1 saturated heterocycles. The zero-order valence-corrected chi connectivity index (χ0v) is 13.7. The van der Waals surface area contributed by atoms with E-state index in [1.54, 1.807) is 0 Å². The maximum absolute atomic E-state index is 5.93. The first kappa shape index (κ1) is 16.7. The quantitative estimate of drug-likeness (QED) is 0.579. The van der Waals surface area contributed by atoms with Crippen molar-refractivity contribution in [2.45, 2.75) is 19.4 Å². The van der Waals surface area contributed by atoms with Gasteiger partial charge in [0.25, 0.3) is 0 Å². The van der Waals surface area contributed by atoms with Gasteiger partial charge < -0.3 is 16.0 Å². The van der Waals surface area contributed by atoms with Gasteiger partial charge in [-0.3, -0.25) is 14.9 Å². The molecule has 122 valence electrons. The normalized spacial score (nSPS) is 19.1. The Kier molecular flexibility index (Phi) is 6.61. The Labute approximate surface area is 133 Å². The zero-order chi connectivity index (χ0) is 15.8. The fourth-order valence-corrected chi connectivity index (χ4v) is 2.53. The summed E-state index contributed by atoms with van der Waals surface area (Å²) in [6.45, 7) is 8.20. The van der Waals surface area contributed by atoms with Gasteiger partial charge in [0.1, 0.15) is 0 Å². The highest BCUT2D eigenvalue weighted by Gasteiger charge is 2.18. The number of nitrogens with two attached hydrogens (primary N) is 1. The minimum atomic E-state index is 0.435. The number of piperazine rings is 1. The van der Waals surface area contributed by atoms with E-state index in [2.05, 4.69) is 39.1 Å². The molecule has 1 unspecified atom stereocenters. The van der Waals surface area contributed by atoms with Crippen LogP contribution in [0.4, 0.5) is 0 Å². The average Bonchev–Trinajstić information content (AvgIpc) is 2.54. The highest BCUT2D eigenvalue weighted by Crippen LogP contribution is 2.05. The number of rotatable bonds is 6. The monoisotopic (exact) mass is 304 g/mol. The summed E-state index contributed by atoms with van der Waals surface area (Å²) < 4.78 is 0. The Morgan fingerprint density at radius 1 is 1.36 bits per heavy atom. The number of hydrogen-bond acceptors (Lipinski definition) is 4. The summed E-state index contributed by atoms with van der Waals surface area (Å²) in [5.74, 6) is 0.525. The molecule has 0 bridgehead atoms. The van der Waals surface area contributed by atoms with Gasteiger partial charge in [-0.15, -0.1) is 0 Å². The first-order valence-electron chi connectivity index (χ1n) is 8.01. The summed E-state index contributed by atoms with van der Waals surface area (Å²) in [4.78, 5) is 13.6. The summed E-state index contributed by atoms with van der Waals surface area (Å²) in [6, 6.07) is 6.37. The molecule has 0 amide bonds. The highest BCUT2D eigenvalue weighted by atomic mass is 15.3. The SMILES string of the molecule is CC(CN=C(N)NCCc1ccccn1)N1CCN(C)CC1. The number of nitrogens with zero attached hydrogens (tertiary/aromatic N) is 4. The zero-order valence-electron chi connectivity index (χ0n) is 13.7. The average molecular weight is 304 g/mol. The Hall–Kier alpha value is -1.66. The lowest BCUT2D eigenvalue weighted by atomic mass is 10.2. The topological polar surface area (TPSA) is 69.8 Å². The van der Waals surface area contributed by atoms with Crippen LogP contribution < -0.4 is 11.1 Å². The molecule has 0 radical (unpaired) electrons. The molecule has 1 fully saturated rings. The maximum Gasteiger partial charge on any atom is 0.188 e. The van der Waals surface area contributed by atoms with Gasteiger partial charge in [0.05, 0.1) is 6.54 Å². The largest absolute Gasteiger partial charge is 0.370 e. The molecule has 2 heterocycles. The standard InChI is InChI=1S/C16H28N6/c1-14(22-11-9-21(2)10-12-22)13-20-16(17)19-8-6-15-5-3-4-7-18-15/h3-5,7,14H,6,8-13H2,1-2H3,(H3,17,19,20). The number of hydrogen-bond donors (Lipinski definition) is 2. The van der Waals surface area contributed by atoms with Crippen LogP contribution in [0.5, 0.6) is 0 Å². The van der Waals surface area contributed by atoms with Crippen LogP contribution >= 0.6 is 0 Å². The highest BCUT2D eigenvalue weighted by molar-refractivity contribution is 5.77. The molecule has 3 N–H and O–H groups in total. The lowest BCUT2D eigenvalue weighted by Gasteiger charge is -2.35. The van der Waals surface area contributed by atoms with E-state index in [1.165, 1.54) is 0 Å². The number of pyridine rings is 1. The van der Waals surface area contributed by atoms with Crippen molar-refractivity contribution >= 4 is 5.96 Å². The predicted octanol–water partition coefficient (Wildman–Crippen LogP) is 0.164. The van der Waals surface area contributed by atoms with E-state index >= 15 is 0 Å². The second-order valence-electron chi connectivity index (χ2n) is 5.91. The minimum absolute atomic E-state index is 0.435. The molecule has 0 aliphatic carbocycles. The Morgan fingerprint density at radius 2 is 2.14 bits per heavy atom. The number of aromatic nitrogens is 1. The number of guanidine groups is 1. The molecule has 6 nitrogen and oxygen atoms in total. The Bertz CT molecular complexity index is 453. The van der Waals surface area contributed by atoms with Gasteiger partial charge in [-0.05, 0) is 26.1 Å².